The fourth-order valence-corrected chi connectivity index (χ4v) is 10.00. The van der Waals surface area contributed by atoms with Gasteiger partial charge in [-0.25, -0.2) is 15.0 Å². The number of nitrogens with zero attached hydrogens (tertiary/aromatic N) is 7. The number of aromatic nitrogens is 3. The van der Waals surface area contributed by atoms with Crippen LogP contribution >= 0.6 is 0 Å². The van der Waals surface area contributed by atoms with Gasteiger partial charge in [0.25, 0.3) is 0 Å². The number of para-hydroxylation sites is 6. The Morgan fingerprint density at radius 3 is 1.77 bits per heavy atom. The molecular formula is C46H37N7. The Balaban J connectivity index is 1.30. The van der Waals surface area contributed by atoms with Gasteiger partial charge >= 0.3 is 0 Å². The van der Waals surface area contributed by atoms with Crippen LogP contribution in [0.4, 0.5) is 45.9 Å². The van der Waals surface area contributed by atoms with Crippen LogP contribution in [0, 0.1) is 5.41 Å². The summed E-state index contributed by atoms with van der Waals surface area (Å²) in [6, 6.07) is 51.8. The fourth-order valence-electron chi connectivity index (χ4n) is 10.00. The van der Waals surface area contributed by atoms with Gasteiger partial charge in [0.15, 0.2) is 17.5 Å². The highest BCUT2D eigenvalue weighted by Gasteiger charge is 2.70. The van der Waals surface area contributed by atoms with Gasteiger partial charge in [-0.05, 0) is 78.2 Å². The second-order valence-corrected chi connectivity index (χ2v) is 15.0. The van der Waals surface area contributed by atoms with Gasteiger partial charge in [-0.2, -0.15) is 0 Å². The quantitative estimate of drug-likeness (QED) is 0.179. The number of anilines is 8. The van der Waals surface area contributed by atoms with Crippen LogP contribution in [0.5, 0.6) is 0 Å². The van der Waals surface area contributed by atoms with Gasteiger partial charge in [-0.1, -0.05) is 105 Å². The van der Waals surface area contributed by atoms with Crippen molar-refractivity contribution >= 4 is 62.5 Å². The molecule has 0 saturated heterocycles. The van der Waals surface area contributed by atoms with Crippen molar-refractivity contribution in [2.24, 2.45) is 5.41 Å². The predicted octanol–water partition coefficient (Wildman–Crippen LogP) is 10.7. The van der Waals surface area contributed by atoms with Crippen molar-refractivity contribution in [1.82, 2.24) is 15.0 Å². The highest BCUT2D eigenvalue weighted by atomic mass is 15.5. The molecule has 4 unspecified atom stereocenters. The molecule has 7 aromatic rings. The lowest BCUT2D eigenvalue weighted by Gasteiger charge is -2.63. The van der Waals surface area contributed by atoms with E-state index in [2.05, 4.69) is 167 Å². The first-order valence-electron chi connectivity index (χ1n) is 18.3. The zero-order valence-corrected chi connectivity index (χ0v) is 29.6. The molecule has 0 radical (unpaired) electrons. The second-order valence-electron chi connectivity index (χ2n) is 15.0. The highest BCUT2D eigenvalue weighted by Crippen LogP contribution is 2.69. The lowest BCUT2D eigenvalue weighted by atomic mass is 9.52. The van der Waals surface area contributed by atoms with Gasteiger partial charge in [0.05, 0.1) is 27.8 Å². The normalized spacial score (nSPS) is 23.6. The van der Waals surface area contributed by atoms with Crippen molar-refractivity contribution in [3.63, 3.8) is 0 Å². The minimum absolute atomic E-state index is 0.246. The molecule has 4 atom stereocenters. The molecule has 53 heavy (non-hydrogen) atoms. The molecule has 0 bridgehead atoms. The van der Waals surface area contributed by atoms with Gasteiger partial charge in [-0.3, -0.25) is 0 Å². The Bertz CT molecular complexity index is 2610. The van der Waals surface area contributed by atoms with Crippen molar-refractivity contribution in [2.75, 3.05) is 19.6 Å². The second kappa shape index (κ2) is 10.8. The maximum Gasteiger partial charge on any atom is 0.179 e. The minimum atomic E-state index is -0.598. The third-order valence-corrected chi connectivity index (χ3v) is 12.4. The van der Waals surface area contributed by atoms with E-state index in [-0.39, 0.29) is 12.3 Å². The van der Waals surface area contributed by atoms with Crippen LogP contribution in [0.1, 0.15) is 31.4 Å². The third kappa shape index (κ3) is 3.86. The number of pyridine rings is 1. The van der Waals surface area contributed by atoms with Gasteiger partial charge < -0.3 is 19.6 Å². The first-order chi connectivity index (χ1) is 26.0. The van der Waals surface area contributed by atoms with Crippen LogP contribution in [0.15, 0.2) is 158 Å². The molecule has 2 aromatic heterocycles. The monoisotopic (exact) mass is 687 g/mol. The molecule has 256 valence electrons. The largest absolute Gasteiger partial charge is 0.316 e. The number of rotatable bonds is 2. The van der Waals surface area contributed by atoms with Gasteiger partial charge in [0.2, 0.25) is 0 Å². The number of hydrogen-bond acceptors (Lipinski definition) is 7. The Kier molecular flexibility index (Phi) is 6.14. The molecule has 7 nitrogen and oxygen atoms in total. The maximum atomic E-state index is 5.47. The average molecular weight is 688 g/mol. The Morgan fingerprint density at radius 2 is 1.06 bits per heavy atom. The molecule has 6 heterocycles. The van der Waals surface area contributed by atoms with Crippen molar-refractivity contribution in [3.05, 3.63) is 169 Å². The molecule has 11 rings (SSSR count). The highest BCUT2D eigenvalue weighted by molar-refractivity contribution is 5.95. The maximum absolute atomic E-state index is 5.47. The van der Waals surface area contributed by atoms with Gasteiger partial charge in [0.1, 0.15) is 12.3 Å². The van der Waals surface area contributed by atoms with Gasteiger partial charge in [0, 0.05) is 34.2 Å². The third-order valence-electron chi connectivity index (χ3n) is 12.4. The van der Waals surface area contributed by atoms with E-state index in [0.29, 0.717) is 0 Å². The predicted molar refractivity (Wildman–Crippen MR) is 215 cm³/mol. The molecule has 7 heteroatoms. The van der Waals surface area contributed by atoms with E-state index in [0.717, 1.165) is 74.5 Å². The molecule has 0 aliphatic carbocycles. The summed E-state index contributed by atoms with van der Waals surface area (Å²) in [4.78, 5) is 26.1. The smallest absolute Gasteiger partial charge is 0.179 e. The zero-order valence-electron chi connectivity index (χ0n) is 29.6. The summed E-state index contributed by atoms with van der Waals surface area (Å²) in [5.41, 5.74) is 9.74. The van der Waals surface area contributed by atoms with Crippen molar-refractivity contribution in [3.8, 4) is 0 Å². The standard InChI is InChI=1S/C46H37N7/c1-30-29-45(2)34-22-11-15-26-38(34)53-42-41(48-35-23-12-13-24-36(35)49-42)51(32-19-8-5-9-20-32)44(53)46(45,3)43-50(31-17-6-4-7-18-31)39-27-16-28-47-40(39)52(43)37-25-14-10-21-33(30)37/h4-28,43-44H,1,29H2,2-3H3. The van der Waals surface area contributed by atoms with E-state index in [1.54, 1.807) is 0 Å². The first kappa shape index (κ1) is 30.2. The number of hydrogen-bond donors (Lipinski definition) is 0. The topological polar surface area (TPSA) is 51.6 Å². The molecule has 0 saturated carbocycles. The van der Waals surface area contributed by atoms with Crippen molar-refractivity contribution in [1.29, 1.82) is 0 Å². The average Bonchev–Trinajstić information content (AvgIpc) is 3.73. The van der Waals surface area contributed by atoms with E-state index >= 15 is 0 Å². The summed E-state index contributed by atoms with van der Waals surface area (Å²) in [7, 11) is 0. The summed E-state index contributed by atoms with van der Waals surface area (Å²) >= 11 is 0. The molecule has 0 spiro atoms. The van der Waals surface area contributed by atoms with E-state index in [1.165, 1.54) is 5.56 Å². The van der Waals surface area contributed by atoms with E-state index < -0.39 is 10.8 Å². The SMILES string of the molecule is C=C1CC2(C)c3ccccc3N3c4nc5ccccc5nc4N(c4ccccc4)C3C2(C)C2N(c3ccccc3)c3cccnc3N2c2ccccc21. The molecular weight excluding hydrogens is 651 g/mol. The van der Waals surface area contributed by atoms with Crippen LogP contribution in [-0.4, -0.2) is 27.3 Å². The Labute approximate surface area is 309 Å². The summed E-state index contributed by atoms with van der Waals surface area (Å²) in [6.07, 6.45) is 2.17. The van der Waals surface area contributed by atoms with Crippen LogP contribution < -0.4 is 19.6 Å². The van der Waals surface area contributed by atoms with E-state index in [4.69, 9.17) is 21.5 Å². The number of allylic oxidation sites excluding steroid dienone is 1. The van der Waals surface area contributed by atoms with Crippen LogP contribution in [0.25, 0.3) is 16.6 Å². The summed E-state index contributed by atoms with van der Waals surface area (Å²) < 4.78 is 0. The summed E-state index contributed by atoms with van der Waals surface area (Å²) in [5.74, 6) is 2.65. The molecule has 0 fully saturated rings. The molecule has 4 aliphatic rings. The fraction of sp³-hybridized carbons (Fsp3) is 0.152. The van der Waals surface area contributed by atoms with Gasteiger partial charge in [-0.15, -0.1) is 0 Å². The molecule has 4 aliphatic heterocycles. The van der Waals surface area contributed by atoms with Crippen LogP contribution in [-0.2, 0) is 5.41 Å². The summed E-state index contributed by atoms with van der Waals surface area (Å²) in [5, 5.41) is 0. The number of fused-ring (bicyclic) bond motifs is 15. The van der Waals surface area contributed by atoms with E-state index in [1.807, 2.05) is 18.3 Å². The first-order valence-corrected chi connectivity index (χ1v) is 18.3. The lowest BCUT2D eigenvalue weighted by molar-refractivity contribution is 0.0790. The van der Waals surface area contributed by atoms with Crippen molar-refractivity contribution < 1.29 is 0 Å². The lowest BCUT2D eigenvalue weighted by Crippen LogP contribution is -2.71. The Hall–Kier alpha value is -6.47. The van der Waals surface area contributed by atoms with E-state index in [9.17, 15) is 0 Å². The molecule has 0 N–H and O–H groups in total. The van der Waals surface area contributed by atoms with Crippen molar-refractivity contribution in [2.45, 2.75) is 38.0 Å². The zero-order chi connectivity index (χ0) is 35.5. The van der Waals surface area contributed by atoms with Crippen LogP contribution in [0.3, 0.4) is 0 Å². The van der Waals surface area contributed by atoms with Crippen LogP contribution in [0.2, 0.25) is 0 Å². The minimum Gasteiger partial charge on any atom is -0.316 e. The number of benzene rings is 5. The molecule has 0 amide bonds. The summed E-state index contributed by atoms with van der Waals surface area (Å²) in [6.45, 7) is 9.85. The molecule has 5 aromatic carbocycles. The Morgan fingerprint density at radius 1 is 0.528 bits per heavy atom.